The van der Waals surface area contributed by atoms with Gasteiger partial charge in [0, 0.05) is 12.2 Å². The van der Waals surface area contributed by atoms with Gasteiger partial charge in [-0.3, -0.25) is 0 Å². The summed E-state index contributed by atoms with van der Waals surface area (Å²) in [4.78, 5) is 0. The summed E-state index contributed by atoms with van der Waals surface area (Å²) in [6.07, 6.45) is 1.10. The molecule has 2 aliphatic rings. The van der Waals surface area contributed by atoms with Gasteiger partial charge < -0.3 is 14.8 Å². The number of anilines is 1. The lowest BCUT2D eigenvalue weighted by atomic mass is 10.0. The largest absolute Gasteiger partial charge is 0.454 e. The van der Waals surface area contributed by atoms with Crippen molar-refractivity contribution in [1.29, 1.82) is 0 Å². The normalized spacial score (nSPS) is 15.3. The highest BCUT2D eigenvalue weighted by Crippen LogP contribution is 2.37. The average Bonchev–Trinajstić information content (AvgIpc) is 3.05. The number of hydrogen-bond acceptors (Lipinski definition) is 3. The molecule has 0 unspecified atom stereocenters. The van der Waals surface area contributed by atoms with E-state index in [-0.39, 0.29) is 0 Å². The van der Waals surface area contributed by atoms with Crippen molar-refractivity contribution in [1.82, 2.24) is 0 Å². The minimum absolute atomic E-state index is 0.326. The van der Waals surface area contributed by atoms with Crippen LogP contribution in [0.25, 0.3) is 11.1 Å². The van der Waals surface area contributed by atoms with E-state index in [1.165, 1.54) is 22.4 Å². The first-order valence-corrected chi connectivity index (χ1v) is 6.17. The van der Waals surface area contributed by atoms with Crippen molar-refractivity contribution in [3.05, 3.63) is 42.0 Å². The Bertz CT molecular complexity index is 566. The third-order valence-corrected chi connectivity index (χ3v) is 3.52. The Labute approximate surface area is 105 Å². The average molecular weight is 239 g/mol. The highest BCUT2D eigenvalue weighted by Gasteiger charge is 2.15. The Morgan fingerprint density at radius 3 is 2.72 bits per heavy atom. The van der Waals surface area contributed by atoms with Crippen molar-refractivity contribution in [3.8, 4) is 22.6 Å². The summed E-state index contributed by atoms with van der Waals surface area (Å²) < 4.78 is 10.7. The van der Waals surface area contributed by atoms with E-state index in [0.29, 0.717) is 6.79 Å². The Morgan fingerprint density at radius 1 is 0.889 bits per heavy atom. The predicted molar refractivity (Wildman–Crippen MR) is 70.2 cm³/mol. The van der Waals surface area contributed by atoms with Crippen LogP contribution < -0.4 is 14.8 Å². The fourth-order valence-electron chi connectivity index (χ4n) is 2.56. The zero-order chi connectivity index (χ0) is 11.9. The predicted octanol–water partition coefficient (Wildman–Crippen LogP) is 3.05. The van der Waals surface area contributed by atoms with E-state index in [2.05, 4.69) is 29.6 Å². The van der Waals surface area contributed by atoms with Gasteiger partial charge in [-0.2, -0.15) is 0 Å². The topological polar surface area (TPSA) is 30.5 Å². The number of ether oxygens (including phenoxy) is 2. The van der Waals surface area contributed by atoms with Crippen LogP contribution in [0.1, 0.15) is 5.56 Å². The second-order valence-electron chi connectivity index (χ2n) is 4.62. The molecule has 0 saturated carbocycles. The molecule has 0 aromatic heterocycles. The van der Waals surface area contributed by atoms with E-state index in [9.17, 15) is 0 Å². The molecular formula is C15H13NO2. The van der Waals surface area contributed by atoms with Gasteiger partial charge in [-0.25, -0.2) is 0 Å². The van der Waals surface area contributed by atoms with Crippen LogP contribution in [-0.2, 0) is 6.42 Å². The Morgan fingerprint density at radius 2 is 1.72 bits per heavy atom. The molecule has 4 rings (SSSR count). The van der Waals surface area contributed by atoms with Gasteiger partial charge >= 0.3 is 0 Å². The second kappa shape index (κ2) is 3.67. The van der Waals surface area contributed by atoms with Crippen molar-refractivity contribution in [2.45, 2.75) is 6.42 Å². The quantitative estimate of drug-likeness (QED) is 0.829. The first-order chi connectivity index (χ1) is 8.90. The molecule has 0 radical (unpaired) electrons. The summed E-state index contributed by atoms with van der Waals surface area (Å²) in [7, 11) is 0. The molecule has 90 valence electrons. The number of benzene rings is 2. The lowest BCUT2D eigenvalue weighted by Crippen LogP contribution is -1.92. The Balaban J connectivity index is 1.78. The molecule has 3 heteroatoms. The fourth-order valence-corrected chi connectivity index (χ4v) is 2.56. The maximum absolute atomic E-state index is 5.42. The van der Waals surface area contributed by atoms with Crippen LogP contribution in [-0.4, -0.2) is 13.3 Å². The third-order valence-electron chi connectivity index (χ3n) is 3.52. The monoisotopic (exact) mass is 239 g/mol. The Hall–Kier alpha value is -2.16. The first-order valence-electron chi connectivity index (χ1n) is 6.17. The van der Waals surface area contributed by atoms with Crippen molar-refractivity contribution in [3.63, 3.8) is 0 Å². The van der Waals surface area contributed by atoms with Crippen molar-refractivity contribution < 1.29 is 9.47 Å². The first kappa shape index (κ1) is 9.83. The van der Waals surface area contributed by atoms with Crippen molar-refractivity contribution in [2.75, 3.05) is 18.7 Å². The fraction of sp³-hybridized carbons (Fsp3) is 0.200. The molecule has 0 aliphatic carbocycles. The van der Waals surface area contributed by atoms with Crippen LogP contribution in [0.5, 0.6) is 11.5 Å². The number of hydrogen-bond donors (Lipinski definition) is 1. The van der Waals surface area contributed by atoms with Gasteiger partial charge in [-0.15, -0.1) is 0 Å². The van der Waals surface area contributed by atoms with Crippen LogP contribution in [0.15, 0.2) is 36.4 Å². The molecular weight excluding hydrogens is 226 g/mol. The van der Waals surface area contributed by atoms with Crippen LogP contribution in [0.2, 0.25) is 0 Å². The molecule has 2 aliphatic heterocycles. The molecule has 0 amide bonds. The summed E-state index contributed by atoms with van der Waals surface area (Å²) in [5.74, 6) is 1.67. The van der Waals surface area contributed by atoms with E-state index in [4.69, 9.17) is 9.47 Å². The lowest BCUT2D eigenvalue weighted by Gasteiger charge is -2.06. The maximum atomic E-state index is 5.42. The highest BCUT2D eigenvalue weighted by atomic mass is 16.7. The summed E-state index contributed by atoms with van der Waals surface area (Å²) in [5, 5.41) is 3.38. The second-order valence-corrected chi connectivity index (χ2v) is 4.62. The lowest BCUT2D eigenvalue weighted by molar-refractivity contribution is 0.174. The van der Waals surface area contributed by atoms with Gasteiger partial charge in [-0.1, -0.05) is 12.1 Å². The molecule has 0 atom stereocenters. The number of nitrogens with one attached hydrogen (secondary N) is 1. The SMILES string of the molecule is c1cc2c(cc1-c1ccc3c(c1)OCO3)CCN2. The van der Waals surface area contributed by atoms with Gasteiger partial charge in [0.15, 0.2) is 11.5 Å². The molecule has 2 aromatic rings. The molecule has 0 fully saturated rings. The minimum Gasteiger partial charge on any atom is -0.454 e. The van der Waals surface area contributed by atoms with E-state index in [0.717, 1.165) is 24.5 Å². The molecule has 1 N–H and O–H groups in total. The van der Waals surface area contributed by atoms with Crippen molar-refractivity contribution >= 4 is 5.69 Å². The third kappa shape index (κ3) is 1.44. The smallest absolute Gasteiger partial charge is 0.231 e. The molecule has 0 bridgehead atoms. The van der Waals surface area contributed by atoms with Gasteiger partial charge in [0.1, 0.15) is 0 Å². The summed E-state index contributed by atoms with van der Waals surface area (Å²) in [5.41, 5.74) is 5.06. The standard InChI is InChI=1S/C15H13NO2/c1-3-13-12(5-6-16-13)7-10(1)11-2-4-14-15(8-11)18-9-17-14/h1-4,7-8,16H,5-6,9H2. The van der Waals surface area contributed by atoms with E-state index in [1.54, 1.807) is 0 Å². The number of fused-ring (bicyclic) bond motifs is 2. The van der Waals surface area contributed by atoms with Gasteiger partial charge in [-0.05, 0) is 47.4 Å². The van der Waals surface area contributed by atoms with Gasteiger partial charge in [0.2, 0.25) is 6.79 Å². The summed E-state index contributed by atoms with van der Waals surface area (Å²) in [6.45, 7) is 1.37. The summed E-state index contributed by atoms with van der Waals surface area (Å²) >= 11 is 0. The van der Waals surface area contributed by atoms with Crippen LogP contribution in [0.3, 0.4) is 0 Å². The molecule has 0 saturated heterocycles. The van der Waals surface area contributed by atoms with Gasteiger partial charge in [0.25, 0.3) is 0 Å². The van der Waals surface area contributed by atoms with Crippen LogP contribution in [0.4, 0.5) is 5.69 Å². The zero-order valence-corrected chi connectivity index (χ0v) is 9.90. The number of rotatable bonds is 1. The van der Waals surface area contributed by atoms with E-state index < -0.39 is 0 Å². The summed E-state index contributed by atoms with van der Waals surface area (Å²) in [6, 6.07) is 12.7. The molecule has 2 heterocycles. The molecule has 3 nitrogen and oxygen atoms in total. The maximum Gasteiger partial charge on any atom is 0.231 e. The van der Waals surface area contributed by atoms with Crippen LogP contribution in [0, 0.1) is 0 Å². The van der Waals surface area contributed by atoms with E-state index in [1.807, 2.05) is 12.1 Å². The Kier molecular flexibility index (Phi) is 2.00. The van der Waals surface area contributed by atoms with Gasteiger partial charge in [0.05, 0.1) is 0 Å². The van der Waals surface area contributed by atoms with E-state index >= 15 is 0 Å². The van der Waals surface area contributed by atoms with Crippen LogP contribution >= 0.6 is 0 Å². The molecule has 0 spiro atoms. The molecule has 2 aromatic carbocycles. The zero-order valence-electron chi connectivity index (χ0n) is 9.90. The van der Waals surface area contributed by atoms with Crippen molar-refractivity contribution in [2.24, 2.45) is 0 Å². The molecule has 18 heavy (non-hydrogen) atoms. The highest BCUT2D eigenvalue weighted by molar-refractivity contribution is 5.72. The minimum atomic E-state index is 0.326.